The van der Waals surface area contributed by atoms with Crippen LogP contribution in [0.3, 0.4) is 0 Å². The molecule has 249 valence electrons. The molecule has 1 radical (unpaired) electrons. The average molecular weight is 675 g/mol. The van der Waals surface area contributed by atoms with E-state index in [9.17, 15) is 0 Å². The second-order valence-corrected chi connectivity index (χ2v) is 11.4. The summed E-state index contributed by atoms with van der Waals surface area (Å²) in [5.41, 5.74) is 18.2. The Hall–Kier alpha value is -7.02. The first-order valence-electron chi connectivity index (χ1n) is 15.7. The van der Waals surface area contributed by atoms with Crippen LogP contribution in [0.2, 0.25) is 0 Å². The fraction of sp³-hybridized carbons (Fsp3) is 0.0526. The molecule has 0 amide bonds. The molecule has 51 heavy (non-hydrogen) atoms. The molecular formula is C38H28BN6O6. The molecule has 6 aromatic carbocycles. The van der Waals surface area contributed by atoms with Crippen LogP contribution in [0.5, 0.6) is 23.0 Å². The Morgan fingerprint density at radius 3 is 1.41 bits per heavy atom. The molecule has 0 fully saturated rings. The first-order chi connectivity index (χ1) is 25.0. The van der Waals surface area contributed by atoms with Crippen LogP contribution in [-0.2, 0) is 0 Å². The van der Waals surface area contributed by atoms with Crippen LogP contribution >= 0.6 is 0 Å². The van der Waals surface area contributed by atoms with E-state index in [0.717, 1.165) is 21.5 Å². The molecule has 0 saturated carbocycles. The van der Waals surface area contributed by atoms with E-state index in [0.29, 0.717) is 79.5 Å². The minimum atomic E-state index is 0.353. The summed E-state index contributed by atoms with van der Waals surface area (Å²) in [6.45, 7) is 0. The van der Waals surface area contributed by atoms with Gasteiger partial charge in [0.15, 0.2) is 0 Å². The minimum absolute atomic E-state index is 0.353. The van der Waals surface area contributed by atoms with E-state index in [4.69, 9.17) is 39.1 Å². The number of nitrogens with zero attached hydrogens (tertiary/aromatic N) is 4. The van der Waals surface area contributed by atoms with Crippen molar-refractivity contribution in [3.8, 4) is 23.0 Å². The van der Waals surface area contributed by atoms with E-state index in [1.54, 1.807) is 74.9 Å². The van der Waals surface area contributed by atoms with Crippen molar-refractivity contribution in [2.24, 2.45) is 20.5 Å². The number of methoxy groups -OCH3 is 2. The van der Waals surface area contributed by atoms with E-state index in [1.807, 2.05) is 48.5 Å². The monoisotopic (exact) mass is 675 g/mol. The number of hydrogen-bond donors (Lipinski definition) is 2. The number of nitrogen functional groups attached to an aromatic ring is 2. The summed E-state index contributed by atoms with van der Waals surface area (Å²) in [5.74, 6) is 1.84. The van der Waals surface area contributed by atoms with Crippen molar-refractivity contribution in [1.29, 1.82) is 0 Å². The number of ether oxygens (including phenoxy) is 2. The molecule has 2 aromatic heterocycles. The van der Waals surface area contributed by atoms with Crippen molar-refractivity contribution in [3.05, 3.63) is 109 Å². The zero-order valence-corrected chi connectivity index (χ0v) is 27.4. The van der Waals surface area contributed by atoms with Gasteiger partial charge in [0.1, 0.15) is 68.1 Å². The first-order valence-corrected chi connectivity index (χ1v) is 15.7. The maximum atomic E-state index is 6.45. The van der Waals surface area contributed by atoms with E-state index in [2.05, 4.69) is 20.5 Å². The SMILES string of the molecule is COc1cc2oc3ccccc3c2c(N=Nc2cccc(O[B]Oc3cccc(N=Nc4c(N)c(OC)cc5oc6ccccc6c45)c3)c2)c1N. The highest BCUT2D eigenvalue weighted by Gasteiger charge is 2.19. The van der Waals surface area contributed by atoms with E-state index in [1.165, 1.54) is 7.69 Å². The van der Waals surface area contributed by atoms with Gasteiger partial charge in [-0.3, -0.25) is 0 Å². The lowest BCUT2D eigenvalue weighted by Gasteiger charge is -2.09. The van der Waals surface area contributed by atoms with Crippen LogP contribution < -0.4 is 30.2 Å². The standard InChI is InChI=1S/C38H28BN6O6/c1-46-31-19-29-33(25-13-3-5-15-27(25)48-29)37(35(31)40)44-42-21-9-7-11-23(17-21)50-39-51-24-12-8-10-22(18-24)43-45-38-34-26-14-4-6-16-28(26)49-30(34)20-32(47-2)36(38)41/h3-20H,40-41H2,1-2H3. The molecular weight excluding hydrogens is 647 g/mol. The van der Waals surface area contributed by atoms with Crippen molar-refractivity contribution in [3.63, 3.8) is 0 Å². The summed E-state index contributed by atoms with van der Waals surface area (Å²) in [5, 5.41) is 21.2. The molecule has 0 spiro atoms. The van der Waals surface area contributed by atoms with Gasteiger partial charge in [-0.25, -0.2) is 0 Å². The quantitative estimate of drug-likeness (QED) is 0.0821. The Labute approximate surface area is 291 Å². The Balaban J connectivity index is 0.987. The number of fused-ring (bicyclic) bond motifs is 6. The lowest BCUT2D eigenvalue weighted by Crippen LogP contribution is -2.10. The van der Waals surface area contributed by atoms with Crippen LogP contribution in [-0.4, -0.2) is 21.9 Å². The Bertz CT molecular complexity index is 2470. The summed E-state index contributed by atoms with van der Waals surface area (Å²) in [6.07, 6.45) is 0. The number of rotatable bonds is 10. The van der Waals surface area contributed by atoms with Gasteiger partial charge in [0.25, 0.3) is 0 Å². The fourth-order valence-corrected chi connectivity index (χ4v) is 5.85. The van der Waals surface area contributed by atoms with Crippen LogP contribution in [0.1, 0.15) is 0 Å². The lowest BCUT2D eigenvalue weighted by atomic mass is 10.1. The molecule has 12 nitrogen and oxygen atoms in total. The number of furan rings is 2. The molecule has 13 heteroatoms. The second kappa shape index (κ2) is 13.1. The van der Waals surface area contributed by atoms with Crippen molar-refractivity contribution < 1.29 is 27.6 Å². The van der Waals surface area contributed by atoms with Gasteiger partial charge in [0.2, 0.25) is 0 Å². The summed E-state index contributed by atoms with van der Waals surface area (Å²) in [4.78, 5) is 0. The highest BCUT2D eigenvalue weighted by atomic mass is 16.6. The van der Waals surface area contributed by atoms with E-state index < -0.39 is 0 Å². The smallest absolute Gasteiger partial charge is 0.526 e. The van der Waals surface area contributed by atoms with Crippen LogP contribution in [0, 0.1) is 0 Å². The first kappa shape index (κ1) is 31.3. The summed E-state index contributed by atoms with van der Waals surface area (Å²) in [7, 11) is 4.30. The summed E-state index contributed by atoms with van der Waals surface area (Å²) < 4.78 is 34.5. The molecule has 4 N–H and O–H groups in total. The van der Waals surface area contributed by atoms with Crippen molar-refractivity contribution in [1.82, 2.24) is 0 Å². The third kappa shape index (κ3) is 5.86. The van der Waals surface area contributed by atoms with Crippen molar-refractivity contribution >= 4 is 85.7 Å². The van der Waals surface area contributed by atoms with Gasteiger partial charge in [-0.2, -0.15) is 10.2 Å². The van der Waals surface area contributed by atoms with Gasteiger partial charge < -0.3 is 39.1 Å². The predicted octanol–water partition coefficient (Wildman–Crippen LogP) is 10.5. The van der Waals surface area contributed by atoms with Crippen molar-refractivity contribution in [2.45, 2.75) is 0 Å². The topological polar surface area (TPSA) is 165 Å². The fourth-order valence-electron chi connectivity index (χ4n) is 5.85. The molecule has 0 unspecified atom stereocenters. The summed E-state index contributed by atoms with van der Waals surface area (Å²) in [6, 6.07) is 33.0. The number of benzene rings is 6. The van der Waals surface area contributed by atoms with Crippen LogP contribution in [0.15, 0.2) is 138 Å². The highest BCUT2D eigenvalue weighted by Crippen LogP contribution is 2.46. The van der Waals surface area contributed by atoms with Gasteiger partial charge in [0, 0.05) is 35.0 Å². The van der Waals surface area contributed by atoms with Crippen LogP contribution in [0.25, 0.3) is 43.9 Å². The predicted molar refractivity (Wildman–Crippen MR) is 198 cm³/mol. The van der Waals surface area contributed by atoms with E-state index >= 15 is 0 Å². The molecule has 2 heterocycles. The van der Waals surface area contributed by atoms with Crippen molar-refractivity contribution in [2.75, 3.05) is 25.7 Å². The van der Waals surface area contributed by atoms with Gasteiger partial charge in [-0.15, -0.1) is 10.2 Å². The lowest BCUT2D eigenvalue weighted by molar-refractivity contribution is 0.417. The second-order valence-electron chi connectivity index (χ2n) is 11.4. The molecule has 8 aromatic rings. The van der Waals surface area contributed by atoms with Gasteiger partial charge in [-0.1, -0.05) is 48.5 Å². The number of azo groups is 2. The molecule has 0 aliphatic rings. The van der Waals surface area contributed by atoms with Gasteiger partial charge >= 0.3 is 7.69 Å². The Kier molecular flexibility index (Phi) is 8.05. The van der Waals surface area contributed by atoms with Crippen LogP contribution in [0.4, 0.5) is 34.1 Å². The largest absolute Gasteiger partial charge is 0.658 e. The van der Waals surface area contributed by atoms with Gasteiger partial charge in [0.05, 0.1) is 36.4 Å². The summed E-state index contributed by atoms with van der Waals surface area (Å²) >= 11 is 0. The maximum Gasteiger partial charge on any atom is 0.658 e. The average Bonchev–Trinajstić information content (AvgIpc) is 3.72. The molecule has 0 atom stereocenters. The third-order valence-corrected chi connectivity index (χ3v) is 8.26. The zero-order chi connectivity index (χ0) is 34.9. The normalized spacial score (nSPS) is 11.7. The molecule has 0 saturated heterocycles. The minimum Gasteiger partial charge on any atom is -0.526 e. The number of anilines is 2. The molecule has 0 bridgehead atoms. The zero-order valence-electron chi connectivity index (χ0n) is 27.4. The Morgan fingerprint density at radius 2 is 0.961 bits per heavy atom. The number of para-hydroxylation sites is 2. The number of nitrogens with two attached hydrogens (primary N) is 2. The Morgan fingerprint density at radius 1 is 0.510 bits per heavy atom. The van der Waals surface area contributed by atoms with Gasteiger partial charge in [-0.05, 0) is 36.4 Å². The third-order valence-electron chi connectivity index (χ3n) is 8.26. The molecule has 0 aliphatic carbocycles. The van der Waals surface area contributed by atoms with E-state index in [-0.39, 0.29) is 0 Å². The maximum absolute atomic E-state index is 6.45. The molecule has 8 rings (SSSR count). The highest BCUT2D eigenvalue weighted by molar-refractivity contribution is 6.20. The number of hydrogen-bond acceptors (Lipinski definition) is 12. The molecule has 0 aliphatic heterocycles.